The van der Waals surface area contributed by atoms with Crippen molar-refractivity contribution in [1.29, 1.82) is 0 Å². The molecule has 0 radical (unpaired) electrons. The molecular formula is C65H52. The van der Waals surface area contributed by atoms with Crippen LogP contribution in [0.25, 0.3) is 72.0 Å². The number of benzene rings is 8. The molecule has 0 heteroatoms. The standard InChI is InChI=1S/C65H52/c1-63(2)55-37-53-57(64(3,4)59-33-49(45-21-13-15-23-47(45)61(53)59)43-29-25-41(26-30-43)39-17-9-7-10-18-39)35-51(55)52-36-58-54(38-56(52)63)62-48-24-16-14-22-46(48)50(34-60(62)65(58,5)6)44-31-27-42(28-32-44)40-19-11-8-12-20-40/h7-38,45,49H,1-6H3. The predicted molar refractivity (Wildman–Crippen MR) is 274 cm³/mol. The normalized spacial score (nSPS) is 19.5. The SMILES string of the molecule is CC1(C)C2=CC(c3ccc(-c4ccccc4)cc3)C3C=CC=CC3=C2c2cc3c(cc21)-c1cc2c(cc1C3(C)C)-c1c(cc(-c3ccc(-c4ccccc4)cc3)c3ccccc13)C2(C)C. The zero-order valence-corrected chi connectivity index (χ0v) is 38.1. The Morgan fingerprint density at radius 1 is 0.369 bits per heavy atom. The highest BCUT2D eigenvalue weighted by Gasteiger charge is 2.48. The molecule has 0 aliphatic heterocycles. The molecule has 5 aliphatic carbocycles. The van der Waals surface area contributed by atoms with Crippen LogP contribution < -0.4 is 0 Å². The average Bonchev–Trinajstić information content (AvgIpc) is 3.81. The summed E-state index contributed by atoms with van der Waals surface area (Å²) in [7, 11) is 0. The summed E-state index contributed by atoms with van der Waals surface area (Å²) in [5.74, 6) is 0.555. The van der Waals surface area contributed by atoms with Crippen molar-refractivity contribution in [3.63, 3.8) is 0 Å². The first kappa shape index (κ1) is 38.4. The van der Waals surface area contributed by atoms with E-state index >= 15 is 0 Å². The minimum atomic E-state index is -0.179. The zero-order chi connectivity index (χ0) is 44.0. The first-order chi connectivity index (χ1) is 31.5. The summed E-state index contributed by atoms with van der Waals surface area (Å²) >= 11 is 0. The molecule has 0 bridgehead atoms. The van der Waals surface area contributed by atoms with E-state index in [0.29, 0.717) is 0 Å². The largest absolute Gasteiger partial charge is 0.0761 e. The van der Waals surface area contributed by atoms with Gasteiger partial charge in [-0.2, -0.15) is 0 Å². The number of rotatable bonds is 4. The third kappa shape index (κ3) is 5.38. The summed E-state index contributed by atoms with van der Waals surface area (Å²) in [4.78, 5) is 0. The summed E-state index contributed by atoms with van der Waals surface area (Å²) < 4.78 is 0. The molecule has 0 spiro atoms. The highest BCUT2D eigenvalue weighted by Crippen LogP contribution is 2.63. The number of fused-ring (bicyclic) bond motifs is 12. The Morgan fingerprint density at radius 3 is 1.49 bits per heavy atom. The van der Waals surface area contributed by atoms with Gasteiger partial charge in [0.2, 0.25) is 0 Å². The predicted octanol–water partition coefficient (Wildman–Crippen LogP) is 17.0. The minimum Gasteiger partial charge on any atom is -0.0761 e. The molecule has 0 fully saturated rings. The second kappa shape index (κ2) is 13.5. The first-order valence-electron chi connectivity index (χ1n) is 23.6. The van der Waals surface area contributed by atoms with Crippen molar-refractivity contribution in [2.75, 3.05) is 0 Å². The average molecular weight is 833 g/mol. The number of allylic oxidation sites excluding steroid dienone is 8. The first-order valence-corrected chi connectivity index (χ1v) is 23.6. The van der Waals surface area contributed by atoms with Gasteiger partial charge in [-0.3, -0.25) is 0 Å². The molecule has 312 valence electrons. The second-order valence-electron chi connectivity index (χ2n) is 20.8. The fourth-order valence-electron chi connectivity index (χ4n) is 12.7. The van der Waals surface area contributed by atoms with Crippen molar-refractivity contribution in [3.05, 3.63) is 244 Å². The Morgan fingerprint density at radius 2 is 0.846 bits per heavy atom. The molecule has 0 heterocycles. The van der Waals surface area contributed by atoms with E-state index < -0.39 is 0 Å². The fourth-order valence-corrected chi connectivity index (χ4v) is 12.7. The lowest BCUT2D eigenvalue weighted by Gasteiger charge is -2.35. The molecule has 0 N–H and O–H groups in total. The van der Waals surface area contributed by atoms with Gasteiger partial charge in [0, 0.05) is 28.1 Å². The van der Waals surface area contributed by atoms with Gasteiger partial charge in [-0.1, -0.05) is 205 Å². The van der Waals surface area contributed by atoms with Gasteiger partial charge in [-0.15, -0.1) is 0 Å². The molecule has 0 aromatic heterocycles. The molecule has 8 aromatic rings. The van der Waals surface area contributed by atoms with E-state index in [1.165, 1.54) is 122 Å². The highest BCUT2D eigenvalue weighted by molar-refractivity contribution is 6.10. The molecule has 0 nitrogen and oxygen atoms in total. The van der Waals surface area contributed by atoms with Crippen LogP contribution >= 0.6 is 0 Å². The van der Waals surface area contributed by atoms with E-state index in [1.54, 1.807) is 0 Å². The lowest BCUT2D eigenvalue weighted by Crippen LogP contribution is -2.23. The molecule has 0 amide bonds. The van der Waals surface area contributed by atoms with Crippen LogP contribution in [0.15, 0.2) is 205 Å². The maximum Gasteiger partial charge on any atom is 0.0159 e. The Labute approximate surface area is 384 Å². The summed E-state index contributed by atoms with van der Waals surface area (Å²) in [6.45, 7) is 14.8. The van der Waals surface area contributed by atoms with Crippen molar-refractivity contribution in [1.82, 2.24) is 0 Å². The van der Waals surface area contributed by atoms with Crippen molar-refractivity contribution in [2.24, 2.45) is 5.92 Å². The van der Waals surface area contributed by atoms with Gasteiger partial charge in [0.15, 0.2) is 0 Å². The molecule has 8 aromatic carbocycles. The zero-order valence-electron chi connectivity index (χ0n) is 38.1. The van der Waals surface area contributed by atoms with Gasteiger partial charge < -0.3 is 0 Å². The molecular weight excluding hydrogens is 781 g/mol. The van der Waals surface area contributed by atoms with Crippen LogP contribution in [0.4, 0.5) is 0 Å². The van der Waals surface area contributed by atoms with Crippen LogP contribution in [0, 0.1) is 5.92 Å². The maximum absolute atomic E-state index is 2.64. The molecule has 65 heavy (non-hydrogen) atoms. The van der Waals surface area contributed by atoms with Crippen LogP contribution in [0.1, 0.15) is 86.4 Å². The van der Waals surface area contributed by atoms with E-state index in [9.17, 15) is 0 Å². The highest BCUT2D eigenvalue weighted by atomic mass is 14.5. The molecule has 2 unspecified atom stereocenters. The molecule has 0 saturated carbocycles. The van der Waals surface area contributed by atoms with Crippen LogP contribution in [-0.2, 0) is 16.2 Å². The molecule has 0 saturated heterocycles. The Balaban J connectivity index is 0.928. The van der Waals surface area contributed by atoms with Crippen molar-refractivity contribution in [3.8, 4) is 55.6 Å². The lowest BCUT2D eigenvalue weighted by molar-refractivity contribution is 0.617. The molecule has 2 atom stereocenters. The monoisotopic (exact) mass is 832 g/mol. The number of hydrogen-bond acceptors (Lipinski definition) is 0. The Kier molecular flexibility index (Phi) is 7.99. The summed E-state index contributed by atoms with van der Waals surface area (Å²) in [5, 5.41) is 2.65. The van der Waals surface area contributed by atoms with Gasteiger partial charge >= 0.3 is 0 Å². The van der Waals surface area contributed by atoms with Gasteiger partial charge in [-0.25, -0.2) is 0 Å². The molecule has 5 aliphatic rings. The van der Waals surface area contributed by atoms with Gasteiger partial charge in [0.1, 0.15) is 0 Å². The smallest absolute Gasteiger partial charge is 0.0159 e. The van der Waals surface area contributed by atoms with E-state index in [4.69, 9.17) is 0 Å². The van der Waals surface area contributed by atoms with Gasteiger partial charge in [-0.05, 0) is 152 Å². The topological polar surface area (TPSA) is 0 Å². The van der Waals surface area contributed by atoms with E-state index in [2.05, 4.69) is 236 Å². The summed E-state index contributed by atoms with van der Waals surface area (Å²) in [5.41, 5.74) is 27.1. The minimum absolute atomic E-state index is 0.150. The Hall–Kier alpha value is -7.02. The van der Waals surface area contributed by atoms with Crippen molar-refractivity contribution >= 4 is 16.3 Å². The quantitative estimate of drug-likeness (QED) is 0.166. The van der Waals surface area contributed by atoms with E-state index in [-0.39, 0.29) is 28.1 Å². The van der Waals surface area contributed by atoms with Crippen LogP contribution in [-0.4, -0.2) is 0 Å². The Bertz CT molecular complexity index is 3450. The number of hydrogen-bond donors (Lipinski definition) is 0. The van der Waals surface area contributed by atoms with Crippen LogP contribution in [0.3, 0.4) is 0 Å². The van der Waals surface area contributed by atoms with E-state index in [0.717, 1.165) is 0 Å². The van der Waals surface area contributed by atoms with Crippen molar-refractivity contribution < 1.29 is 0 Å². The van der Waals surface area contributed by atoms with Gasteiger partial charge in [0.25, 0.3) is 0 Å². The maximum atomic E-state index is 2.64. The van der Waals surface area contributed by atoms with Crippen LogP contribution in [0.2, 0.25) is 0 Å². The lowest BCUT2D eigenvalue weighted by atomic mass is 9.68. The van der Waals surface area contributed by atoms with E-state index in [1.807, 2.05) is 0 Å². The second-order valence-corrected chi connectivity index (χ2v) is 20.8. The van der Waals surface area contributed by atoms with Crippen molar-refractivity contribution in [2.45, 2.75) is 63.7 Å². The van der Waals surface area contributed by atoms with Crippen LogP contribution in [0.5, 0.6) is 0 Å². The van der Waals surface area contributed by atoms with Gasteiger partial charge in [0.05, 0.1) is 0 Å². The third-order valence-corrected chi connectivity index (χ3v) is 16.3. The summed E-state index contributed by atoms with van der Waals surface area (Å²) in [6, 6.07) is 62.0. The third-order valence-electron chi connectivity index (χ3n) is 16.3. The summed E-state index contributed by atoms with van der Waals surface area (Å²) in [6.07, 6.45) is 12.0. The fraction of sp³-hybridized carbons (Fsp3) is 0.169. The molecule has 13 rings (SSSR count).